The van der Waals surface area contributed by atoms with Gasteiger partial charge in [0.05, 0.1) is 0 Å². The zero-order valence-corrected chi connectivity index (χ0v) is 10.6. The first-order chi connectivity index (χ1) is 9.15. The fraction of sp³-hybridized carbons (Fsp3) is 0.333. The number of nitrogens with one attached hydrogen (secondary N) is 2. The van der Waals surface area contributed by atoms with Gasteiger partial charge in [0.15, 0.2) is 0 Å². The molecule has 102 valence electrons. The molecule has 0 aliphatic rings. The van der Waals surface area contributed by atoms with Crippen molar-refractivity contribution in [1.29, 1.82) is 0 Å². The molecule has 0 aliphatic heterocycles. The van der Waals surface area contributed by atoms with Gasteiger partial charge in [0, 0.05) is 19.3 Å². The second-order valence-electron chi connectivity index (χ2n) is 3.77. The largest absolute Gasteiger partial charge is 0.410 e. The minimum absolute atomic E-state index is 0.00230. The summed E-state index contributed by atoms with van der Waals surface area (Å²) in [5, 5.41) is 16.4. The maximum atomic E-state index is 11.6. The van der Waals surface area contributed by atoms with Gasteiger partial charge in [0.1, 0.15) is 11.4 Å². The van der Waals surface area contributed by atoms with Crippen molar-refractivity contribution in [3.05, 3.63) is 30.1 Å². The van der Waals surface area contributed by atoms with Crippen molar-refractivity contribution >= 4 is 17.5 Å². The quantitative estimate of drug-likeness (QED) is 0.295. The van der Waals surface area contributed by atoms with Gasteiger partial charge in [-0.15, -0.1) is 0 Å². The van der Waals surface area contributed by atoms with Crippen molar-refractivity contribution in [2.24, 2.45) is 5.16 Å². The molecule has 0 atom stereocenters. The Labute approximate surface area is 110 Å². The summed E-state index contributed by atoms with van der Waals surface area (Å²) in [6, 6.07) is 5.09. The highest BCUT2D eigenvalue weighted by Gasteiger charge is 2.06. The highest BCUT2D eigenvalue weighted by atomic mass is 16.4. The summed E-state index contributed by atoms with van der Waals surface area (Å²) in [5.74, 6) is -0.682. The molecule has 0 unspecified atom stereocenters. The van der Waals surface area contributed by atoms with Crippen LogP contribution in [0.15, 0.2) is 29.6 Å². The van der Waals surface area contributed by atoms with E-state index in [1.807, 2.05) is 0 Å². The van der Waals surface area contributed by atoms with Crippen LogP contribution in [0.25, 0.3) is 0 Å². The minimum atomic E-state index is -0.432. The Morgan fingerprint density at radius 3 is 2.68 bits per heavy atom. The van der Waals surface area contributed by atoms with Crippen molar-refractivity contribution in [3.63, 3.8) is 0 Å². The SMILES string of the molecule is C/C(=N/O)C(=O)NCCCNC(=O)c1ccccn1. The maximum absolute atomic E-state index is 11.6. The Balaban J connectivity index is 2.18. The molecule has 1 aromatic heterocycles. The van der Waals surface area contributed by atoms with Gasteiger partial charge in [-0.25, -0.2) is 0 Å². The van der Waals surface area contributed by atoms with Gasteiger partial charge in [-0.1, -0.05) is 11.2 Å². The van der Waals surface area contributed by atoms with E-state index >= 15 is 0 Å². The van der Waals surface area contributed by atoms with Crippen LogP contribution in [0.5, 0.6) is 0 Å². The molecule has 19 heavy (non-hydrogen) atoms. The molecule has 7 heteroatoms. The topological polar surface area (TPSA) is 104 Å². The number of hydrogen-bond donors (Lipinski definition) is 3. The van der Waals surface area contributed by atoms with Crippen molar-refractivity contribution < 1.29 is 14.8 Å². The van der Waals surface area contributed by atoms with Gasteiger partial charge in [-0.2, -0.15) is 0 Å². The molecule has 1 aromatic rings. The number of hydrogen-bond acceptors (Lipinski definition) is 5. The van der Waals surface area contributed by atoms with Gasteiger partial charge in [0.25, 0.3) is 11.8 Å². The molecular formula is C12H16N4O3. The fourth-order valence-electron chi connectivity index (χ4n) is 1.25. The molecular weight excluding hydrogens is 248 g/mol. The molecule has 0 saturated heterocycles. The molecule has 0 saturated carbocycles. The Morgan fingerprint density at radius 2 is 2.05 bits per heavy atom. The number of carbonyl (C=O) groups excluding carboxylic acids is 2. The lowest BCUT2D eigenvalue weighted by atomic mass is 10.3. The predicted molar refractivity (Wildman–Crippen MR) is 69.1 cm³/mol. The number of amides is 2. The molecule has 2 amide bonds. The standard InChI is InChI=1S/C12H16N4O3/c1-9(16-19)11(17)14-7-4-8-15-12(18)10-5-2-3-6-13-10/h2-3,5-6,19H,4,7-8H2,1H3,(H,14,17)(H,15,18)/b16-9-. The third-order valence-corrected chi connectivity index (χ3v) is 2.30. The molecule has 0 radical (unpaired) electrons. The molecule has 0 aliphatic carbocycles. The van der Waals surface area contributed by atoms with E-state index in [0.29, 0.717) is 25.2 Å². The van der Waals surface area contributed by atoms with Gasteiger partial charge in [-0.3, -0.25) is 14.6 Å². The van der Waals surface area contributed by atoms with Crippen LogP contribution in [0.3, 0.4) is 0 Å². The summed E-state index contributed by atoms with van der Waals surface area (Å²) in [5.41, 5.74) is 0.354. The van der Waals surface area contributed by atoms with Gasteiger partial charge in [0.2, 0.25) is 0 Å². The smallest absolute Gasteiger partial charge is 0.269 e. The normalized spacial score (nSPS) is 10.9. The number of carbonyl (C=O) groups is 2. The Hall–Kier alpha value is -2.44. The summed E-state index contributed by atoms with van der Waals surface area (Å²) in [4.78, 5) is 26.7. The maximum Gasteiger partial charge on any atom is 0.269 e. The number of rotatable bonds is 6. The van der Waals surface area contributed by atoms with Gasteiger partial charge >= 0.3 is 0 Å². The first kappa shape index (κ1) is 14.6. The lowest BCUT2D eigenvalue weighted by Gasteiger charge is -2.05. The number of pyridine rings is 1. The second kappa shape index (κ2) is 7.80. The highest BCUT2D eigenvalue weighted by molar-refractivity contribution is 6.37. The van der Waals surface area contributed by atoms with Crippen LogP contribution in [0.1, 0.15) is 23.8 Å². The first-order valence-corrected chi connectivity index (χ1v) is 5.81. The van der Waals surface area contributed by atoms with E-state index < -0.39 is 5.91 Å². The summed E-state index contributed by atoms with van der Waals surface area (Å²) in [7, 11) is 0. The molecule has 0 bridgehead atoms. The molecule has 7 nitrogen and oxygen atoms in total. The Kier molecular flexibility index (Phi) is 6.00. The second-order valence-corrected chi connectivity index (χ2v) is 3.77. The van der Waals surface area contributed by atoms with Crippen molar-refractivity contribution in [1.82, 2.24) is 15.6 Å². The van der Waals surface area contributed by atoms with E-state index in [4.69, 9.17) is 5.21 Å². The zero-order chi connectivity index (χ0) is 14.1. The average Bonchev–Trinajstić information content (AvgIpc) is 2.46. The summed E-state index contributed by atoms with van der Waals surface area (Å²) >= 11 is 0. The molecule has 0 fully saturated rings. The van der Waals surface area contributed by atoms with E-state index in [9.17, 15) is 9.59 Å². The first-order valence-electron chi connectivity index (χ1n) is 5.81. The Bertz CT molecular complexity index is 459. The summed E-state index contributed by atoms with van der Waals surface area (Å²) in [6.45, 7) is 2.21. The fourth-order valence-corrected chi connectivity index (χ4v) is 1.25. The molecule has 1 rings (SSSR count). The average molecular weight is 264 g/mol. The van der Waals surface area contributed by atoms with Crippen LogP contribution in [0.4, 0.5) is 0 Å². The summed E-state index contributed by atoms with van der Waals surface area (Å²) < 4.78 is 0. The van der Waals surface area contributed by atoms with E-state index in [1.54, 1.807) is 24.4 Å². The predicted octanol–water partition coefficient (Wildman–Crippen LogP) is 0.168. The number of aromatic nitrogens is 1. The van der Waals surface area contributed by atoms with Crippen molar-refractivity contribution in [2.45, 2.75) is 13.3 Å². The van der Waals surface area contributed by atoms with Crippen LogP contribution < -0.4 is 10.6 Å². The lowest BCUT2D eigenvalue weighted by Crippen LogP contribution is -2.33. The summed E-state index contributed by atoms with van der Waals surface area (Å²) in [6.07, 6.45) is 2.12. The molecule has 0 spiro atoms. The van der Waals surface area contributed by atoms with Crippen LogP contribution >= 0.6 is 0 Å². The van der Waals surface area contributed by atoms with Crippen molar-refractivity contribution in [2.75, 3.05) is 13.1 Å². The third kappa shape index (κ3) is 5.15. The van der Waals surface area contributed by atoms with E-state index in [0.717, 1.165) is 0 Å². The van der Waals surface area contributed by atoms with Gasteiger partial charge < -0.3 is 15.8 Å². The van der Waals surface area contributed by atoms with Crippen LogP contribution in [0.2, 0.25) is 0 Å². The van der Waals surface area contributed by atoms with Crippen LogP contribution in [-0.2, 0) is 4.79 Å². The third-order valence-electron chi connectivity index (χ3n) is 2.30. The van der Waals surface area contributed by atoms with Gasteiger partial charge in [-0.05, 0) is 25.5 Å². The van der Waals surface area contributed by atoms with E-state index in [2.05, 4.69) is 20.8 Å². The van der Waals surface area contributed by atoms with E-state index in [-0.39, 0.29) is 11.6 Å². The van der Waals surface area contributed by atoms with Crippen LogP contribution in [0, 0.1) is 0 Å². The number of oxime groups is 1. The molecule has 1 heterocycles. The zero-order valence-electron chi connectivity index (χ0n) is 10.6. The van der Waals surface area contributed by atoms with Crippen LogP contribution in [-0.4, -0.2) is 40.8 Å². The monoisotopic (exact) mass is 264 g/mol. The molecule has 3 N–H and O–H groups in total. The highest BCUT2D eigenvalue weighted by Crippen LogP contribution is 1.92. The lowest BCUT2D eigenvalue weighted by molar-refractivity contribution is -0.114. The minimum Gasteiger partial charge on any atom is -0.410 e. The Morgan fingerprint density at radius 1 is 1.32 bits per heavy atom. The van der Waals surface area contributed by atoms with E-state index in [1.165, 1.54) is 6.92 Å². The molecule has 0 aromatic carbocycles. The van der Waals surface area contributed by atoms with Crippen molar-refractivity contribution in [3.8, 4) is 0 Å². The number of nitrogens with zero attached hydrogens (tertiary/aromatic N) is 2.